The first-order chi connectivity index (χ1) is 6.23. The summed E-state index contributed by atoms with van der Waals surface area (Å²) in [6.07, 6.45) is 2.48. The van der Waals surface area contributed by atoms with E-state index in [9.17, 15) is 0 Å². The maximum Gasteiger partial charge on any atom is 0.0717 e. The van der Waals surface area contributed by atoms with Crippen LogP contribution in [0.4, 0.5) is 0 Å². The van der Waals surface area contributed by atoms with Gasteiger partial charge in [-0.3, -0.25) is 5.32 Å². The first kappa shape index (κ1) is 9.81. The molecular weight excluding hydrogens is 182 g/mol. The molecule has 0 saturated carbocycles. The van der Waals surface area contributed by atoms with Crippen molar-refractivity contribution in [3.8, 4) is 0 Å². The van der Waals surface area contributed by atoms with Crippen molar-refractivity contribution in [1.29, 1.82) is 0 Å². The van der Waals surface area contributed by atoms with Crippen LogP contribution in [-0.4, -0.2) is 29.9 Å². The van der Waals surface area contributed by atoms with Crippen molar-refractivity contribution < 1.29 is 4.74 Å². The van der Waals surface area contributed by atoms with Gasteiger partial charge in [0.05, 0.1) is 11.5 Å². The Morgan fingerprint density at radius 2 is 2.31 bits per heavy atom. The molecule has 2 heterocycles. The van der Waals surface area contributed by atoms with E-state index in [0.717, 1.165) is 13.2 Å². The minimum Gasteiger partial charge on any atom is -0.381 e. The van der Waals surface area contributed by atoms with E-state index in [1.807, 2.05) is 0 Å². The molecule has 2 rings (SSSR count). The highest BCUT2D eigenvalue weighted by atomic mass is 32.2. The summed E-state index contributed by atoms with van der Waals surface area (Å²) in [6, 6.07) is 0.682. The van der Waals surface area contributed by atoms with Crippen LogP contribution in [0.15, 0.2) is 0 Å². The van der Waals surface area contributed by atoms with Crippen LogP contribution in [0, 0.1) is 5.92 Å². The first-order valence-electron chi connectivity index (χ1n) is 5.22. The molecule has 0 aromatic rings. The number of ether oxygens (including phenoxy) is 1. The van der Waals surface area contributed by atoms with Gasteiger partial charge in [-0.1, -0.05) is 6.92 Å². The van der Waals surface area contributed by atoms with Crippen molar-refractivity contribution in [3.05, 3.63) is 0 Å². The number of hydrogen-bond acceptors (Lipinski definition) is 3. The zero-order valence-corrected chi connectivity index (χ0v) is 9.32. The van der Waals surface area contributed by atoms with Gasteiger partial charge in [0, 0.05) is 18.6 Å². The van der Waals surface area contributed by atoms with Gasteiger partial charge >= 0.3 is 0 Å². The highest BCUT2D eigenvalue weighted by molar-refractivity contribution is 8.00. The molecule has 0 radical (unpaired) electrons. The van der Waals surface area contributed by atoms with Crippen LogP contribution in [0.25, 0.3) is 0 Å². The molecule has 2 nitrogen and oxygen atoms in total. The van der Waals surface area contributed by atoms with E-state index in [0.29, 0.717) is 16.8 Å². The zero-order valence-electron chi connectivity index (χ0n) is 8.51. The lowest BCUT2D eigenvalue weighted by Gasteiger charge is -2.47. The van der Waals surface area contributed by atoms with Crippen LogP contribution >= 0.6 is 11.8 Å². The van der Waals surface area contributed by atoms with Crippen molar-refractivity contribution >= 4 is 11.8 Å². The van der Waals surface area contributed by atoms with E-state index >= 15 is 0 Å². The maximum absolute atomic E-state index is 5.49. The van der Waals surface area contributed by atoms with Crippen LogP contribution in [0.1, 0.15) is 26.7 Å². The lowest BCUT2D eigenvalue weighted by atomic mass is 9.95. The summed E-state index contributed by atoms with van der Waals surface area (Å²) < 4.78 is 5.49. The second-order valence-electron chi connectivity index (χ2n) is 4.30. The van der Waals surface area contributed by atoms with Gasteiger partial charge in [0.15, 0.2) is 0 Å². The Labute approximate surface area is 84.8 Å². The van der Waals surface area contributed by atoms with E-state index in [-0.39, 0.29) is 0 Å². The fraction of sp³-hybridized carbons (Fsp3) is 1.00. The maximum atomic E-state index is 5.49. The van der Waals surface area contributed by atoms with Crippen LogP contribution in [-0.2, 0) is 4.74 Å². The third-order valence-corrected chi connectivity index (χ3v) is 4.86. The molecule has 0 bridgehead atoms. The van der Waals surface area contributed by atoms with E-state index in [4.69, 9.17) is 4.74 Å². The Hall–Kier alpha value is 0.270. The Balaban J connectivity index is 2.07. The van der Waals surface area contributed by atoms with E-state index in [1.165, 1.54) is 18.6 Å². The fourth-order valence-electron chi connectivity index (χ4n) is 2.24. The van der Waals surface area contributed by atoms with Gasteiger partial charge in [0.2, 0.25) is 0 Å². The van der Waals surface area contributed by atoms with Crippen molar-refractivity contribution in [3.63, 3.8) is 0 Å². The zero-order chi connectivity index (χ0) is 9.31. The smallest absolute Gasteiger partial charge is 0.0717 e. The number of rotatable bonds is 0. The van der Waals surface area contributed by atoms with Crippen LogP contribution in [0.2, 0.25) is 0 Å². The lowest BCUT2D eigenvalue weighted by molar-refractivity contribution is 0.0231. The summed E-state index contributed by atoms with van der Waals surface area (Å²) >= 11 is 2.11. The minimum absolute atomic E-state index is 0.329. The van der Waals surface area contributed by atoms with Crippen LogP contribution < -0.4 is 5.32 Å². The Bertz CT molecular complexity index is 184. The molecule has 1 N–H and O–H groups in total. The average molecular weight is 201 g/mol. The van der Waals surface area contributed by atoms with Gasteiger partial charge in [-0.25, -0.2) is 0 Å². The first-order valence-corrected chi connectivity index (χ1v) is 6.21. The summed E-state index contributed by atoms with van der Waals surface area (Å²) in [6.45, 7) is 6.45. The summed E-state index contributed by atoms with van der Waals surface area (Å²) in [5.74, 6) is 1.95. The largest absolute Gasteiger partial charge is 0.381 e. The van der Waals surface area contributed by atoms with Crippen molar-refractivity contribution in [2.24, 2.45) is 5.92 Å². The number of nitrogens with one attached hydrogen (secondary N) is 1. The van der Waals surface area contributed by atoms with E-state index in [1.54, 1.807) is 0 Å². The SMILES string of the molecule is CC1CCSC2(CCOCC2C)N1. The van der Waals surface area contributed by atoms with Gasteiger partial charge in [-0.2, -0.15) is 0 Å². The quantitative estimate of drug-likeness (QED) is 0.646. The topological polar surface area (TPSA) is 21.3 Å². The highest BCUT2D eigenvalue weighted by Gasteiger charge is 2.41. The predicted octanol–water partition coefficient (Wildman–Crippen LogP) is 1.85. The molecule has 2 fully saturated rings. The minimum atomic E-state index is 0.329. The molecule has 0 aliphatic carbocycles. The van der Waals surface area contributed by atoms with Gasteiger partial charge in [-0.05, 0) is 25.5 Å². The monoisotopic (exact) mass is 201 g/mol. The van der Waals surface area contributed by atoms with Crippen molar-refractivity contribution in [2.75, 3.05) is 19.0 Å². The molecule has 3 unspecified atom stereocenters. The molecule has 3 atom stereocenters. The highest BCUT2D eigenvalue weighted by Crippen LogP contribution is 2.40. The van der Waals surface area contributed by atoms with Crippen LogP contribution in [0.3, 0.4) is 0 Å². The molecule has 3 heteroatoms. The lowest BCUT2D eigenvalue weighted by Crippen LogP contribution is -2.57. The third-order valence-electron chi connectivity index (χ3n) is 3.18. The Morgan fingerprint density at radius 1 is 1.46 bits per heavy atom. The molecular formula is C10H19NOS. The van der Waals surface area contributed by atoms with E-state index in [2.05, 4.69) is 30.9 Å². The standard InChI is InChI=1S/C10H19NOS/c1-8-7-12-5-4-10(8)11-9(2)3-6-13-10/h8-9,11H,3-7H2,1-2H3. The summed E-state index contributed by atoms with van der Waals surface area (Å²) in [5.41, 5.74) is 0. The molecule has 0 aromatic carbocycles. The Morgan fingerprint density at radius 3 is 3.00 bits per heavy atom. The van der Waals surface area contributed by atoms with Gasteiger partial charge < -0.3 is 4.74 Å². The molecule has 2 aliphatic heterocycles. The summed E-state index contributed by atoms with van der Waals surface area (Å²) in [7, 11) is 0. The molecule has 2 saturated heterocycles. The third kappa shape index (κ3) is 1.88. The van der Waals surface area contributed by atoms with Gasteiger partial charge in [0.25, 0.3) is 0 Å². The second kappa shape index (κ2) is 3.79. The van der Waals surface area contributed by atoms with Crippen LogP contribution in [0.5, 0.6) is 0 Å². The predicted molar refractivity (Wildman–Crippen MR) is 57.0 cm³/mol. The van der Waals surface area contributed by atoms with Gasteiger partial charge in [0.1, 0.15) is 0 Å². The normalized spacial score (nSPS) is 46.6. The molecule has 0 amide bonds. The van der Waals surface area contributed by atoms with Crippen molar-refractivity contribution in [2.45, 2.75) is 37.6 Å². The number of thioether (sulfide) groups is 1. The Kier molecular flexibility index (Phi) is 2.86. The molecule has 0 aromatic heterocycles. The molecule has 1 spiro atoms. The van der Waals surface area contributed by atoms with Crippen molar-refractivity contribution in [1.82, 2.24) is 5.32 Å². The molecule has 76 valence electrons. The summed E-state index contributed by atoms with van der Waals surface area (Å²) in [5, 5.41) is 3.76. The second-order valence-corrected chi connectivity index (χ2v) is 5.72. The fourth-order valence-corrected chi connectivity index (χ4v) is 3.94. The number of hydrogen-bond donors (Lipinski definition) is 1. The molecule has 13 heavy (non-hydrogen) atoms. The molecule has 2 aliphatic rings. The van der Waals surface area contributed by atoms with E-state index < -0.39 is 0 Å². The van der Waals surface area contributed by atoms with Gasteiger partial charge in [-0.15, -0.1) is 11.8 Å². The average Bonchev–Trinajstić information content (AvgIpc) is 2.11. The summed E-state index contributed by atoms with van der Waals surface area (Å²) in [4.78, 5) is 0.329.